The summed E-state index contributed by atoms with van der Waals surface area (Å²) in [4.78, 5) is 6.99. The third-order valence-electron chi connectivity index (χ3n) is 4.80. The molecule has 2 fully saturated rings. The predicted octanol–water partition coefficient (Wildman–Crippen LogP) is 3.00. The van der Waals surface area contributed by atoms with Crippen LogP contribution in [0.1, 0.15) is 26.7 Å². The van der Waals surface area contributed by atoms with Crippen molar-refractivity contribution in [3.8, 4) is 0 Å². The van der Waals surface area contributed by atoms with Crippen LogP contribution in [-0.4, -0.2) is 51.4 Å². The van der Waals surface area contributed by atoms with Gasteiger partial charge in [-0.3, -0.25) is 4.99 Å². The first-order valence-electron chi connectivity index (χ1n) is 9.21. The summed E-state index contributed by atoms with van der Waals surface area (Å²) in [6.45, 7) is 9.27. The van der Waals surface area contributed by atoms with Gasteiger partial charge in [0.15, 0.2) is 5.96 Å². The molecule has 0 amide bonds. The fourth-order valence-corrected chi connectivity index (χ4v) is 3.33. The van der Waals surface area contributed by atoms with Gasteiger partial charge in [-0.05, 0) is 38.0 Å². The second-order valence-electron chi connectivity index (χ2n) is 7.41. The number of aliphatic imine (C=N–C) groups is 1. The number of halogens is 2. The Kier molecular flexibility index (Phi) is 7.94. The summed E-state index contributed by atoms with van der Waals surface area (Å²) in [5, 5.41) is 6.89. The molecule has 0 spiro atoms. The van der Waals surface area contributed by atoms with E-state index in [1.165, 1.54) is 6.07 Å². The fourth-order valence-electron chi connectivity index (χ4n) is 3.33. The van der Waals surface area contributed by atoms with E-state index in [1.807, 2.05) is 6.07 Å². The summed E-state index contributed by atoms with van der Waals surface area (Å²) in [5.41, 5.74) is 1.12. The highest BCUT2D eigenvalue weighted by Gasteiger charge is 2.33. The van der Waals surface area contributed by atoms with E-state index >= 15 is 0 Å². The third-order valence-corrected chi connectivity index (χ3v) is 4.80. The average molecular weight is 476 g/mol. The number of ether oxygens (including phenoxy) is 1. The molecule has 0 radical (unpaired) electrons. The maximum atomic E-state index is 13.5. The van der Waals surface area contributed by atoms with Crippen molar-refractivity contribution >= 4 is 35.6 Å². The number of benzene rings is 1. The van der Waals surface area contributed by atoms with Crippen LogP contribution in [0.4, 0.5) is 10.1 Å². The van der Waals surface area contributed by atoms with Crippen molar-refractivity contribution in [3.63, 3.8) is 0 Å². The minimum Gasteiger partial charge on any atom is -0.380 e. The molecule has 1 aromatic carbocycles. The summed E-state index contributed by atoms with van der Waals surface area (Å²) in [7, 11) is 0. The number of piperidine rings is 1. The lowest BCUT2D eigenvalue weighted by atomic mass is 9.89. The molecule has 1 atom stereocenters. The molecule has 0 bridgehead atoms. The Labute approximate surface area is 172 Å². The van der Waals surface area contributed by atoms with Crippen LogP contribution in [0.25, 0.3) is 0 Å². The zero-order valence-corrected chi connectivity index (χ0v) is 18.0. The predicted molar refractivity (Wildman–Crippen MR) is 115 cm³/mol. The first kappa shape index (κ1) is 21.2. The largest absolute Gasteiger partial charge is 0.380 e. The maximum absolute atomic E-state index is 13.5. The van der Waals surface area contributed by atoms with Crippen LogP contribution in [0.5, 0.6) is 0 Å². The molecule has 0 saturated carbocycles. The summed E-state index contributed by atoms with van der Waals surface area (Å²) in [5.74, 6) is 0.681. The van der Waals surface area contributed by atoms with Gasteiger partial charge in [-0.1, -0.05) is 13.0 Å². The van der Waals surface area contributed by atoms with E-state index in [4.69, 9.17) is 9.73 Å². The van der Waals surface area contributed by atoms with Crippen LogP contribution >= 0.6 is 24.0 Å². The van der Waals surface area contributed by atoms with Gasteiger partial charge >= 0.3 is 0 Å². The van der Waals surface area contributed by atoms with E-state index in [2.05, 4.69) is 29.4 Å². The van der Waals surface area contributed by atoms with Crippen LogP contribution in [0.15, 0.2) is 29.3 Å². The average Bonchev–Trinajstić information content (AvgIpc) is 2.58. The monoisotopic (exact) mass is 476 g/mol. The highest BCUT2D eigenvalue weighted by atomic mass is 127. The Morgan fingerprint density at radius 3 is 2.88 bits per heavy atom. The van der Waals surface area contributed by atoms with E-state index in [-0.39, 0.29) is 35.2 Å². The van der Waals surface area contributed by atoms with Gasteiger partial charge in [-0.15, -0.1) is 24.0 Å². The third kappa shape index (κ3) is 5.70. The van der Waals surface area contributed by atoms with Gasteiger partial charge in [-0.2, -0.15) is 0 Å². The minimum absolute atomic E-state index is 0. The number of nitrogens with one attached hydrogen (secondary N) is 2. The Morgan fingerprint density at radius 1 is 1.42 bits per heavy atom. The second-order valence-corrected chi connectivity index (χ2v) is 7.41. The number of nitrogens with zero attached hydrogens (tertiary/aromatic N) is 2. The molecule has 0 aromatic heterocycles. The molecule has 146 valence electrons. The molecule has 26 heavy (non-hydrogen) atoms. The van der Waals surface area contributed by atoms with Gasteiger partial charge in [0.1, 0.15) is 5.82 Å². The molecule has 2 saturated heterocycles. The molecular weight excluding hydrogens is 446 g/mol. The van der Waals surface area contributed by atoms with Crippen molar-refractivity contribution in [1.82, 2.24) is 10.6 Å². The fraction of sp³-hybridized carbons (Fsp3) is 0.632. The quantitative estimate of drug-likeness (QED) is 0.390. The van der Waals surface area contributed by atoms with Crippen LogP contribution in [0, 0.1) is 11.2 Å². The van der Waals surface area contributed by atoms with Gasteiger partial charge in [0.2, 0.25) is 0 Å². The Hall–Kier alpha value is -1.09. The van der Waals surface area contributed by atoms with E-state index in [0.29, 0.717) is 6.04 Å². The standard InChI is InChI=1S/C19H29FN4O.HI/c1-3-21-18(22-12-19(2)13-25-14-19)23-16-7-5-9-24(11-16)17-8-4-6-15(20)10-17;/h4,6,8,10,16H,3,5,7,9,11-14H2,1-2H3,(H2,21,22,23);1H. The van der Waals surface area contributed by atoms with Crippen molar-refractivity contribution < 1.29 is 9.13 Å². The van der Waals surface area contributed by atoms with Gasteiger partial charge in [0.05, 0.1) is 19.8 Å². The van der Waals surface area contributed by atoms with E-state index < -0.39 is 0 Å². The maximum Gasteiger partial charge on any atom is 0.191 e. The van der Waals surface area contributed by atoms with E-state index in [0.717, 1.165) is 63.9 Å². The molecule has 0 aliphatic carbocycles. The molecule has 2 N–H and O–H groups in total. The summed E-state index contributed by atoms with van der Waals surface area (Å²) in [6.07, 6.45) is 2.18. The van der Waals surface area contributed by atoms with Crippen molar-refractivity contribution in [1.29, 1.82) is 0 Å². The molecule has 2 aliphatic rings. The zero-order valence-electron chi connectivity index (χ0n) is 15.6. The van der Waals surface area contributed by atoms with Gasteiger partial charge in [-0.25, -0.2) is 4.39 Å². The van der Waals surface area contributed by atoms with Crippen LogP contribution in [0.2, 0.25) is 0 Å². The second kappa shape index (κ2) is 9.73. The number of hydrogen-bond donors (Lipinski definition) is 2. The van der Waals surface area contributed by atoms with Gasteiger partial charge < -0.3 is 20.3 Å². The van der Waals surface area contributed by atoms with Crippen LogP contribution in [-0.2, 0) is 4.74 Å². The van der Waals surface area contributed by atoms with E-state index in [1.54, 1.807) is 12.1 Å². The minimum atomic E-state index is -0.182. The highest BCUT2D eigenvalue weighted by molar-refractivity contribution is 14.0. The Bertz CT molecular complexity index is 609. The van der Waals surface area contributed by atoms with E-state index in [9.17, 15) is 4.39 Å². The first-order chi connectivity index (χ1) is 12.1. The first-order valence-corrected chi connectivity index (χ1v) is 9.21. The lowest BCUT2D eigenvalue weighted by molar-refractivity contribution is -0.0945. The lowest BCUT2D eigenvalue weighted by Crippen LogP contribution is -2.52. The molecule has 5 nitrogen and oxygen atoms in total. The van der Waals surface area contributed by atoms with Gasteiger partial charge in [0.25, 0.3) is 0 Å². The van der Waals surface area contributed by atoms with Crippen LogP contribution in [0.3, 0.4) is 0 Å². The Balaban J connectivity index is 0.00000243. The molecule has 2 aliphatic heterocycles. The van der Waals surface area contributed by atoms with Crippen LogP contribution < -0.4 is 15.5 Å². The van der Waals surface area contributed by atoms with Gasteiger partial charge in [0, 0.05) is 36.8 Å². The molecular formula is C19H30FIN4O. The number of guanidine groups is 1. The summed E-state index contributed by atoms with van der Waals surface area (Å²) in [6, 6.07) is 7.15. The molecule has 3 rings (SSSR count). The molecule has 7 heteroatoms. The topological polar surface area (TPSA) is 48.9 Å². The zero-order chi connectivity index (χ0) is 17.7. The smallest absolute Gasteiger partial charge is 0.191 e. The SMILES string of the molecule is CCNC(=NCC1(C)COC1)NC1CCCN(c2cccc(F)c2)C1.I. The lowest BCUT2D eigenvalue weighted by Gasteiger charge is -2.37. The normalized spacial score (nSPS) is 22.2. The Morgan fingerprint density at radius 2 is 2.23 bits per heavy atom. The summed E-state index contributed by atoms with van der Waals surface area (Å²) >= 11 is 0. The number of anilines is 1. The van der Waals surface area contributed by atoms with Crippen molar-refractivity contribution in [3.05, 3.63) is 30.1 Å². The highest BCUT2D eigenvalue weighted by Crippen LogP contribution is 2.26. The van der Waals surface area contributed by atoms with Crippen molar-refractivity contribution in [2.45, 2.75) is 32.7 Å². The van der Waals surface area contributed by atoms with Crippen molar-refractivity contribution in [2.24, 2.45) is 10.4 Å². The molecule has 2 heterocycles. The summed E-state index contributed by atoms with van der Waals surface area (Å²) < 4.78 is 18.8. The van der Waals surface area contributed by atoms with Crippen molar-refractivity contribution in [2.75, 3.05) is 44.3 Å². The molecule has 1 aromatic rings. The molecule has 1 unspecified atom stereocenters. The number of hydrogen-bond acceptors (Lipinski definition) is 3. The number of rotatable bonds is 5.